The van der Waals surface area contributed by atoms with Gasteiger partial charge in [-0.15, -0.1) is 11.8 Å². The molecule has 184 valence electrons. The molecule has 1 saturated heterocycles. The lowest BCUT2D eigenvalue weighted by atomic mass is 9.98. The van der Waals surface area contributed by atoms with Crippen LogP contribution in [0.3, 0.4) is 0 Å². The predicted molar refractivity (Wildman–Crippen MR) is 132 cm³/mol. The van der Waals surface area contributed by atoms with Crippen LogP contribution in [0.25, 0.3) is 0 Å². The van der Waals surface area contributed by atoms with Crippen LogP contribution in [-0.2, 0) is 16.1 Å². The van der Waals surface area contributed by atoms with E-state index < -0.39 is 16.8 Å². The predicted octanol–water partition coefficient (Wildman–Crippen LogP) is 3.22. The maximum Gasteiger partial charge on any atom is 0.256 e. The van der Waals surface area contributed by atoms with Gasteiger partial charge < -0.3 is 25.0 Å². The number of amides is 3. The zero-order chi connectivity index (χ0) is 24.9. The number of nitrogens with zero attached hydrogens (tertiary/aromatic N) is 1. The van der Waals surface area contributed by atoms with E-state index in [2.05, 4.69) is 10.6 Å². The summed E-state index contributed by atoms with van der Waals surface area (Å²) in [6.07, 6.45) is 0. The lowest BCUT2D eigenvalue weighted by Crippen LogP contribution is -2.58. The van der Waals surface area contributed by atoms with Crippen molar-refractivity contribution in [2.24, 2.45) is 5.92 Å². The Labute approximate surface area is 208 Å². The molecule has 0 aromatic heterocycles. The molecular formula is C26H29N3O5S. The van der Waals surface area contributed by atoms with E-state index in [-0.39, 0.29) is 35.8 Å². The first kappa shape index (κ1) is 23.5. The average Bonchev–Trinajstić information content (AvgIpc) is 3.47. The molecule has 3 amide bonds. The van der Waals surface area contributed by atoms with Crippen molar-refractivity contribution in [2.75, 3.05) is 6.79 Å². The topological polar surface area (TPSA) is 97.0 Å². The summed E-state index contributed by atoms with van der Waals surface area (Å²) >= 11 is 1.60. The number of carbonyl (C=O) groups excluding carboxylic acids is 3. The van der Waals surface area contributed by atoms with Crippen molar-refractivity contribution in [2.45, 2.75) is 56.4 Å². The molecule has 1 fully saturated rings. The Hall–Kier alpha value is -3.20. The highest BCUT2D eigenvalue weighted by Crippen LogP contribution is 2.56. The van der Waals surface area contributed by atoms with Gasteiger partial charge in [-0.1, -0.05) is 38.1 Å². The summed E-state index contributed by atoms with van der Waals surface area (Å²) in [5.41, 5.74) is 2.45. The van der Waals surface area contributed by atoms with Gasteiger partial charge in [-0.05, 0) is 49.1 Å². The third kappa shape index (κ3) is 4.11. The Balaban J connectivity index is 1.29. The molecule has 3 atom stereocenters. The summed E-state index contributed by atoms with van der Waals surface area (Å²) < 4.78 is 10.2. The van der Waals surface area contributed by atoms with Gasteiger partial charge in [-0.3, -0.25) is 14.4 Å². The molecule has 0 spiro atoms. The molecule has 0 radical (unpaired) electrons. The van der Waals surface area contributed by atoms with Crippen LogP contribution in [-0.4, -0.2) is 46.2 Å². The first-order valence-electron chi connectivity index (χ1n) is 11.7. The lowest BCUT2D eigenvalue weighted by Gasteiger charge is -2.32. The molecule has 3 aliphatic rings. The van der Waals surface area contributed by atoms with E-state index in [1.54, 1.807) is 22.7 Å². The van der Waals surface area contributed by atoms with Gasteiger partial charge in [0.05, 0.1) is 0 Å². The Kier molecular flexibility index (Phi) is 5.91. The fourth-order valence-electron chi connectivity index (χ4n) is 4.92. The lowest BCUT2D eigenvalue weighted by molar-refractivity contribution is -0.132. The summed E-state index contributed by atoms with van der Waals surface area (Å²) in [6.45, 7) is 8.20. The highest BCUT2D eigenvalue weighted by molar-refractivity contribution is 8.01. The number of ether oxygens (including phenoxy) is 2. The number of rotatable bonds is 6. The molecule has 3 aliphatic heterocycles. The largest absolute Gasteiger partial charge is 0.454 e. The van der Waals surface area contributed by atoms with E-state index in [1.807, 2.05) is 64.1 Å². The number of hydrogen-bond donors (Lipinski definition) is 2. The first-order chi connectivity index (χ1) is 16.7. The minimum Gasteiger partial charge on any atom is -0.454 e. The molecule has 0 aliphatic carbocycles. The quantitative estimate of drug-likeness (QED) is 0.639. The number of benzene rings is 2. The molecule has 0 bridgehead atoms. The molecule has 35 heavy (non-hydrogen) atoms. The standard InChI is InChI=1S/C26H29N3O5S/c1-14(2)20(22(30)27-12-15-9-10-18-19(11-15)34-13-33-18)28-23(31)21-26(3,4)35-25-17-8-6-5-7-16(17)24(32)29(21)25/h5-11,14,20-21,25H,12-13H2,1-4H3,(H,27,30)(H,28,31)/t20-,21-,25+/m0/s1. The van der Waals surface area contributed by atoms with Gasteiger partial charge in [0.25, 0.3) is 5.91 Å². The van der Waals surface area contributed by atoms with Crippen molar-refractivity contribution in [3.05, 3.63) is 59.2 Å². The van der Waals surface area contributed by atoms with Gasteiger partial charge in [-0.25, -0.2) is 0 Å². The first-order valence-corrected chi connectivity index (χ1v) is 12.6. The minimum absolute atomic E-state index is 0.141. The van der Waals surface area contributed by atoms with Gasteiger partial charge >= 0.3 is 0 Å². The van der Waals surface area contributed by atoms with Crippen LogP contribution >= 0.6 is 11.8 Å². The van der Waals surface area contributed by atoms with Gasteiger partial charge in [0.15, 0.2) is 11.5 Å². The van der Waals surface area contributed by atoms with E-state index in [4.69, 9.17) is 9.47 Å². The third-order valence-corrected chi connectivity index (χ3v) is 8.23. The summed E-state index contributed by atoms with van der Waals surface area (Å²) in [7, 11) is 0. The van der Waals surface area contributed by atoms with Crippen LogP contribution in [0.4, 0.5) is 0 Å². The van der Waals surface area contributed by atoms with Gasteiger partial charge in [-0.2, -0.15) is 0 Å². The van der Waals surface area contributed by atoms with Crippen molar-refractivity contribution in [1.29, 1.82) is 0 Å². The van der Waals surface area contributed by atoms with E-state index in [9.17, 15) is 14.4 Å². The third-order valence-electron chi connectivity index (χ3n) is 6.70. The van der Waals surface area contributed by atoms with E-state index in [0.29, 0.717) is 23.6 Å². The summed E-state index contributed by atoms with van der Waals surface area (Å²) in [5.74, 6) is 0.455. The molecule has 3 heterocycles. The maximum absolute atomic E-state index is 13.6. The number of hydrogen-bond acceptors (Lipinski definition) is 6. The normalized spacial score (nSPS) is 22.1. The maximum atomic E-state index is 13.6. The zero-order valence-corrected chi connectivity index (χ0v) is 21.0. The average molecular weight is 496 g/mol. The van der Waals surface area contributed by atoms with E-state index in [0.717, 1.165) is 11.1 Å². The molecule has 0 saturated carbocycles. The van der Waals surface area contributed by atoms with Crippen molar-refractivity contribution < 1.29 is 23.9 Å². The Morgan fingerprint density at radius 2 is 1.89 bits per heavy atom. The highest BCUT2D eigenvalue weighted by Gasteiger charge is 2.57. The Morgan fingerprint density at radius 3 is 2.66 bits per heavy atom. The van der Waals surface area contributed by atoms with Crippen LogP contribution in [0.2, 0.25) is 0 Å². The van der Waals surface area contributed by atoms with Gasteiger partial charge in [0.1, 0.15) is 17.5 Å². The van der Waals surface area contributed by atoms with Crippen LogP contribution < -0.4 is 20.1 Å². The number of fused-ring (bicyclic) bond motifs is 4. The van der Waals surface area contributed by atoms with Crippen molar-refractivity contribution >= 4 is 29.5 Å². The number of thioether (sulfide) groups is 1. The van der Waals surface area contributed by atoms with Crippen molar-refractivity contribution in [1.82, 2.24) is 15.5 Å². The second-order valence-corrected chi connectivity index (χ2v) is 11.6. The Bertz CT molecular complexity index is 1200. The summed E-state index contributed by atoms with van der Waals surface area (Å²) in [5, 5.41) is 5.66. The fraction of sp³-hybridized carbons (Fsp3) is 0.423. The second-order valence-electron chi connectivity index (χ2n) is 9.91. The Morgan fingerprint density at radius 1 is 1.14 bits per heavy atom. The molecule has 0 unspecified atom stereocenters. The number of nitrogens with one attached hydrogen (secondary N) is 2. The molecule has 2 aromatic carbocycles. The van der Waals surface area contributed by atoms with E-state index >= 15 is 0 Å². The molecule has 5 rings (SSSR count). The summed E-state index contributed by atoms with van der Waals surface area (Å²) in [4.78, 5) is 41.6. The molecule has 8 nitrogen and oxygen atoms in total. The summed E-state index contributed by atoms with van der Waals surface area (Å²) in [6, 6.07) is 11.6. The second kappa shape index (κ2) is 8.78. The number of carbonyl (C=O) groups is 3. The van der Waals surface area contributed by atoms with E-state index in [1.165, 1.54) is 0 Å². The van der Waals surface area contributed by atoms with Crippen molar-refractivity contribution in [3.8, 4) is 11.5 Å². The van der Waals surface area contributed by atoms with Crippen LogP contribution in [0.15, 0.2) is 42.5 Å². The van der Waals surface area contributed by atoms with Gasteiger partial charge in [0, 0.05) is 16.9 Å². The fourth-order valence-corrected chi connectivity index (χ4v) is 6.51. The monoisotopic (exact) mass is 495 g/mol. The minimum atomic E-state index is -0.739. The SMILES string of the molecule is CC(C)[C@H](NC(=O)[C@@H]1N2C(=O)c3ccccc3[C@H]2SC1(C)C)C(=O)NCc1ccc2c(c1)OCO2. The molecular weight excluding hydrogens is 466 g/mol. The van der Waals surface area contributed by atoms with Crippen LogP contribution in [0.1, 0.15) is 54.6 Å². The molecule has 2 N–H and O–H groups in total. The van der Waals surface area contributed by atoms with Crippen LogP contribution in [0.5, 0.6) is 11.5 Å². The highest BCUT2D eigenvalue weighted by atomic mass is 32.2. The smallest absolute Gasteiger partial charge is 0.256 e. The van der Waals surface area contributed by atoms with Crippen molar-refractivity contribution in [3.63, 3.8) is 0 Å². The van der Waals surface area contributed by atoms with Gasteiger partial charge in [0.2, 0.25) is 18.6 Å². The molecule has 2 aromatic rings. The van der Waals surface area contributed by atoms with Crippen LogP contribution in [0, 0.1) is 5.92 Å². The molecule has 9 heteroatoms. The zero-order valence-electron chi connectivity index (χ0n) is 20.2.